The number of carbonyl (C=O) groups excluding carboxylic acids is 2. The number of hydrogen-bond donors (Lipinski definition) is 1. The van der Waals surface area contributed by atoms with Crippen molar-refractivity contribution in [2.75, 3.05) is 30.9 Å². The van der Waals surface area contributed by atoms with Crippen molar-refractivity contribution in [1.82, 2.24) is 5.01 Å². The number of rotatable bonds is 6. The van der Waals surface area contributed by atoms with Crippen LogP contribution in [-0.4, -0.2) is 43.2 Å². The van der Waals surface area contributed by atoms with Crippen molar-refractivity contribution in [3.8, 4) is 0 Å². The van der Waals surface area contributed by atoms with Crippen LogP contribution in [0.5, 0.6) is 0 Å². The van der Waals surface area contributed by atoms with E-state index in [9.17, 15) is 18.4 Å². The molecule has 0 saturated carbocycles. The third-order valence-corrected chi connectivity index (χ3v) is 4.51. The summed E-state index contributed by atoms with van der Waals surface area (Å²) in [6, 6.07) is 11.7. The van der Waals surface area contributed by atoms with E-state index < -0.39 is 17.5 Å². The van der Waals surface area contributed by atoms with Gasteiger partial charge in [0.1, 0.15) is 5.69 Å². The summed E-state index contributed by atoms with van der Waals surface area (Å²) in [5.41, 5.74) is 1.62. The summed E-state index contributed by atoms with van der Waals surface area (Å²) < 4.78 is 28.0. The van der Waals surface area contributed by atoms with E-state index in [1.54, 1.807) is 0 Å². The Hall–Kier alpha value is -3.29. The highest BCUT2D eigenvalue weighted by Crippen LogP contribution is 2.25. The number of amides is 2. The molecule has 0 spiro atoms. The zero-order valence-corrected chi connectivity index (χ0v) is 16.3. The Morgan fingerprint density at radius 3 is 2.38 bits per heavy atom. The van der Waals surface area contributed by atoms with Crippen molar-refractivity contribution in [3.05, 3.63) is 59.7 Å². The van der Waals surface area contributed by atoms with E-state index in [0.29, 0.717) is 13.0 Å². The lowest BCUT2D eigenvalue weighted by molar-refractivity contribution is -0.132. The van der Waals surface area contributed by atoms with Crippen molar-refractivity contribution in [1.29, 1.82) is 0 Å². The average Bonchev–Trinajstić information content (AvgIpc) is 3.16. The van der Waals surface area contributed by atoms with E-state index in [1.807, 2.05) is 30.3 Å². The molecule has 152 valence electrons. The van der Waals surface area contributed by atoms with Crippen molar-refractivity contribution in [2.24, 2.45) is 5.10 Å². The quantitative estimate of drug-likeness (QED) is 0.809. The van der Waals surface area contributed by atoms with Crippen molar-refractivity contribution < 1.29 is 18.4 Å². The fraction of sp³-hybridized carbons (Fsp3) is 0.286. The Kier molecular flexibility index (Phi) is 6.21. The molecule has 2 aromatic carbocycles. The number of halogens is 2. The van der Waals surface area contributed by atoms with Gasteiger partial charge in [0.25, 0.3) is 0 Å². The number of nitrogens with zero attached hydrogens (tertiary/aromatic N) is 3. The molecule has 29 heavy (non-hydrogen) atoms. The van der Waals surface area contributed by atoms with Gasteiger partial charge in [-0.1, -0.05) is 30.3 Å². The fourth-order valence-electron chi connectivity index (χ4n) is 3.11. The highest BCUT2D eigenvalue weighted by Gasteiger charge is 2.22. The summed E-state index contributed by atoms with van der Waals surface area (Å²) in [7, 11) is 3.05. The molecule has 0 saturated heterocycles. The van der Waals surface area contributed by atoms with E-state index in [0.717, 1.165) is 23.4 Å². The molecule has 8 heteroatoms. The van der Waals surface area contributed by atoms with Crippen LogP contribution < -0.4 is 10.2 Å². The second kappa shape index (κ2) is 8.81. The molecule has 1 aliphatic heterocycles. The zero-order chi connectivity index (χ0) is 21.0. The Bertz CT molecular complexity index is 922. The number of benzene rings is 2. The molecule has 0 atom stereocenters. The predicted octanol–water partition coefficient (Wildman–Crippen LogP) is 3.39. The lowest BCUT2D eigenvalue weighted by atomic mass is 10.1. The van der Waals surface area contributed by atoms with Crippen LogP contribution in [0.4, 0.5) is 20.2 Å². The first kappa shape index (κ1) is 20.4. The molecule has 2 aromatic rings. The summed E-state index contributed by atoms with van der Waals surface area (Å²) in [6.07, 6.45) is 0.501. The molecule has 6 nitrogen and oxygen atoms in total. The Morgan fingerprint density at radius 2 is 1.76 bits per heavy atom. The maximum Gasteiger partial charge on any atom is 0.243 e. The Morgan fingerprint density at radius 1 is 1.10 bits per heavy atom. The molecule has 1 heterocycles. The molecule has 1 N–H and O–H groups in total. The predicted molar refractivity (Wildman–Crippen MR) is 108 cm³/mol. The zero-order valence-electron chi connectivity index (χ0n) is 16.3. The van der Waals surface area contributed by atoms with Crippen LogP contribution in [0.1, 0.15) is 24.8 Å². The SMILES string of the molecule is CN(C)c1c(F)cc(NC(=O)CCC(=O)N2CCC(c3ccccc3)=N2)cc1F. The van der Waals surface area contributed by atoms with Crippen LogP contribution >= 0.6 is 0 Å². The van der Waals surface area contributed by atoms with E-state index in [1.165, 1.54) is 24.0 Å². The topological polar surface area (TPSA) is 65.0 Å². The third-order valence-electron chi connectivity index (χ3n) is 4.51. The summed E-state index contributed by atoms with van der Waals surface area (Å²) >= 11 is 0. The maximum atomic E-state index is 14.0. The van der Waals surface area contributed by atoms with Crippen molar-refractivity contribution in [2.45, 2.75) is 19.3 Å². The normalized spacial score (nSPS) is 13.2. The molecule has 0 aromatic heterocycles. The van der Waals surface area contributed by atoms with Gasteiger partial charge in [0.2, 0.25) is 11.8 Å². The number of hydrazone groups is 1. The van der Waals surface area contributed by atoms with Gasteiger partial charge in [0.05, 0.1) is 12.3 Å². The minimum atomic E-state index is -0.777. The molecule has 0 fully saturated rings. The van der Waals surface area contributed by atoms with Crippen LogP contribution in [0.2, 0.25) is 0 Å². The highest BCUT2D eigenvalue weighted by atomic mass is 19.1. The van der Waals surface area contributed by atoms with Gasteiger partial charge in [-0.05, 0) is 17.7 Å². The summed E-state index contributed by atoms with van der Waals surface area (Å²) in [4.78, 5) is 25.7. The Balaban J connectivity index is 1.55. The number of anilines is 2. The molecule has 0 aliphatic carbocycles. The fourth-order valence-corrected chi connectivity index (χ4v) is 3.11. The number of carbonyl (C=O) groups is 2. The van der Waals surface area contributed by atoms with Crippen molar-refractivity contribution in [3.63, 3.8) is 0 Å². The van der Waals surface area contributed by atoms with E-state index in [-0.39, 0.29) is 30.1 Å². The van der Waals surface area contributed by atoms with Crippen LogP contribution in [0.15, 0.2) is 47.6 Å². The minimum absolute atomic E-state index is 0.00797. The lowest BCUT2D eigenvalue weighted by Crippen LogP contribution is -2.25. The molecular weight excluding hydrogens is 378 g/mol. The van der Waals surface area contributed by atoms with Gasteiger partial charge >= 0.3 is 0 Å². The highest BCUT2D eigenvalue weighted by molar-refractivity contribution is 6.02. The number of hydrogen-bond acceptors (Lipinski definition) is 4. The second-order valence-corrected chi connectivity index (χ2v) is 6.91. The van der Waals surface area contributed by atoms with E-state index >= 15 is 0 Å². The smallest absolute Gasteiger partial charge is 0.243 e. The maximum absolute atomic E-state index is 14.0. The van der Waals surface area contributed by atoms with Crippen LogP contribution in [0.25, 0.3) is 0 Å². The van der Waals surface area contributed by atoms with Gasteiger partial charge in [-0.25, -0.2) is 13.8 Å². The van der Waals surface area contributed by atoms with Crippen LogP contribution in [0, 0.1) is 11.6 Å². The molecule has 0 bridgehead atoms. The van der Waals surface area contributed by atoms with Crippen LogP contribution in [-0.2, 0) is 9.59 Å². The third kappa shape index (κ3) is 4.96. The van der Waals surface area contributed by atoms with Gasteiger partial charge in [0, 0.05) is 39.0 Å². The summed E-state index contributed by atoms with van der Waals surface area (Å²) in [6.45, 7) is 0.465. The first-order valence-electron chi connectivity index (χ1n) is 9.24. The average molecular weight is 400 g/mol. The Labute approximate surface area is 167 Å². The minimum Gasteiger partial charge on any atom is -0.373 e. The summed E-state index contributed by atoms with van der Waals surface area (Å²) in [5, 5.41) is 8.12. The monoisotopic (exact) mass is 400 g/mol. The number of nitrogens with one attached hydrogen (secondary N) is 1. The largest absolute Gasteiger partial charge is 0.373 e. The molecular formula is C21H22F2N4O2. The van der Waals surface area contributed by atoms with Gasteiger partial charge in [0.15, 0.2) is 11.6 Å². The van der Waals surface area contributed by atoms with Crippen molar-refractivity contribution >= 4 is 28.9 Å². The molecule has 0 radical (unpaired) electrons. The van der Waals surface area contributed by atoms with Gasteiger partial charge in [-0.15, -0.1) is 0 Å². The summed E-state index contributed by atoms with van der Waals surface area (Å²) in [5.74, 6) is -2.32. The van der Waals surface area contributed by atoms with Gasteiger partial charge in [-0.2, -0.15) is 5.10 Å². The van der Waals surface area contributed by atoms with E-state index in [2.05, 4.69) is 10.4 Å². The van der Waals surface area contributed by atoms with Gasteiger partial charge in [-0.3, -0.25) is 9.59 Å². The molecule has 2 amide bonds. The standard InChI is InChI=1S/C21H22F2N4O2/c1-26(2)21-16(22)12-15(13-17(21)23)24-19(28)8-9-20(29)27-11-10-18(25-27)14-6-4-3-5-7-14/h3-7,12-13H,8-11H2,1-2H3,(H,24,28). The van der Waals surface area contributed by atoms with Gasteiger partial charge < -0.3 is 10.2 Å². The van der Waals surface area contributed by atoms with E-state index in [4.69, 9.17) is 0 Å². The first-order valence-corrected chi connectivity index (χ1v) is 9.24. The molecule has 3 rings (SSSR count). The van der Waals surface area contributed by atoms with Crippen LogP contribution in [0.3, 0.4) is 0 Å². The lowest BCUT2D eigenvalue weighted by Gasteiger charge is -2.16. The second-order valence-electron chi connectivity index (χ2n) is 6.91. The molecule has 0 unspecified atom stereocenters. The first-order chi connectivity index (χ1) is 13.8. The molecule has 1 aliphatic rings.